The van der Waals surface area contributed by atoms with Gasteiger partial charge in [-0.15, -0.1) is 0 Å². The number of hydrogen-bond donors (Lipinski definition) is 2. The van der Waals surface area contributed by atoms with Gasteiger partial charge in [0.05, 0.1) is 6.10 Å². The molecule has 1 aliphatic rings. The van der Waals surface area contributed by atoms with E-state index in [1.807, 2.05) is 19.9 Å². The van der Waals surface area contributed by atoms with Crippen molar-refractivity contribution in [1.29, 1.82) is 0 Å². The second-order valence-corrected chi connectivity index (χ2v) is 5.56. The molecule has 0 saturated carbocycles. The molecule has 2 rings (SSSR count). The first-order valence-corrected chi connectivity index (χ1v) is 6.97. The molecule has 3 N–H and O–H groups in total. The summed E-state index contributed by atoms with van der Waals surface area (Å²) in [6.07, 6.45) is 1.68. The van der Waals surface area contributed by atoms with Crippen LogP contribution in [0.15, 0.2) is 18.2 Å². The molecule has 1 aromatic carbocycles. The second kappa shape index (κ2) is 5.88. The largest absolute Gasteiger partial charge is 0.393 e. The Labute approximate surface area is 114 Å². The average Bonchev–Trinajstić information content (AvgIpc) is 2.38. The summed E-state index contributed by atoms with van der Waals surface area (Å²) in [5, 5.41) is 9.63. The van der Waals surface area contributed by atoms with Crippen molar-refractivity contribution in [3.8, 4) is 0 Å². The number of aliphatic hydroxyl groups excluding tert-OH is 1. The molecule has 1 aromatic rings. The Morgan fingerprint density at radius 2 is 1.95 bits per heavy atom. The molecule has 1 saturated heterocycles. The molecular weight excluding hydrogens is 243 g/mol. The van der Waals surface area contributed by atoms with Gasteiger partial charge in [-0.25, -0.2) is 4.39 Å². The molecule has 0 radical (unpaired) electrons. The second-order valence-electron chi connectivity index (χ2n) is 5.56. The fraction of sp³-hybridized carbons (Fsp3) is 0.600. The molecule has 4 heteroatoms. The Bertz CT molecular complexity index is 426. The third-order valence-electron chi connectivity index (χ3n) is 4.04. The van der Waals surface area contributed by atoms with E-state index >= 15 is 0 Å². The summed E-state index contributed by atoms with van der Waals surface area (Å²) < 4.78 is 13.3. The van der Waals surface area contributed by atoms with E-state index in [9.17, 15) is 9.50 Å². The topological polar surface area (TPSA) is 49.5 Å². The summed E-state index contributed by atoms with van der Waals surface area (Å²) in [7, 11) is 0. The lowest BCUT2D eigenvalue weighted by Crippen LogP contribution is -2.37. The number of anilines is 1. The Kier molecular flexibility index (Phi) is 4.42. The number of benzene rings is 1. The minimum absolute atomic E-state index is 0.180. The van der Waals surface area contributed by atoms with Crippen molar-refractivity contribution in [2.24, 2.45) is 11.7 Å². The molecular formula is C15H23FN2O. The number of nitrogens with two attached hydrogens (primary N) is 1. The number of nitrogens with zero attached hydrogens (tertiary/aromatic N) is 1. The lowest BCUT2D eigenvalue weighted by Gasteiger charge is -2.36. The van der Waals surface area contributed by atoms with Crippen molar-refractivity contribution in [3.63, 3.8) is 0 Å². The summed E-state index contributed by atoms with van der Waals surface area (Å²) >= 11 is 0. The Hall–Kier alpha value is -1.13. The maximum Gasteiger partial charge on any atom is 0.123 e. The van der Waals surface area contributed by atoms with Gasteiger partial charge in [0.25, 0.3) is 0 Å². The van der Waals surface area contributed by atoms with Crippen LogP contribution in [0.4, 0.5) is 10.1 Å². The highest BCUT2D eigenvalue weighted by Gasteiger charge is 2.24. The van der Waals surface area contributed by atoms with Gasteiger partial charge in [0.1, 0.15) is 5.82 Å². The molecule has 19 heavy (non-hydrogen) atoms. The standard InChI is InChI=1S/C15H23FN2O/c1-10(17)14-9-13(16)3-4-15(14)18-7-5-12(6-8-18)11(2)19/h3-4,9-12,19H,5-8,17H2,1-2H3/t10-,11?/m1/s1. The van der Waals surface area contributed by atoms with E-state index in [-0.39, 0.29) is 18.0 Å². The van der Waals surface area contributed by atoms with Gasteiger partial charge >= 0.3 is 0 Å². The molecule has 0 aromatic heterocycles. The molecule has 0 spiro atoms. The minimum Gasteiger partial charge on any atom is -0.393 e. The van der Waals surface area contributed by atoms with E-state index < -0.39 is 0 Å². The van der Waals surface area contributed by atoms with E-state index in [0.717, 1.165) is 37.2 Å². The lowest BCUT2D eigenvalue weighted by atomic mass is 9.91. The van der Waals surface area contributed by atoms with Gasteiger partial charge < -0.3 is 15.7 Å². The quantitative estimate of drug-likeness (QED) is 0.883. The highest BCUT2D eigenvalue weighted by Crippen LogP contribution is 2.30. The van der Waals surface area contributed by atoms with Crippen molar-refractivity contribution in [1.82, 2.24) is 0 Å². The van der Waals surface area contributed by atoms with E-state index in [4.69, 9.17) is 5.73 Å². The first-order chi connectivity index (χ1) is 8.99. The van der Waals surface area contributed by atoms with Crippen molar-refractivity contribution in [2.75, 3.05) is 18.0 Å². The van der Waals surface area contributed by atoms with Crippen molar-refractivity contribution in [3.05, 3.63) is 29.6 Å². The van der Waals surface area contributed by atoms with Crippen LogP contribution in [0, 0.1) is 11.7 Å². The maximum atomic E-state index is 13.3. The number of rotatable bonds is 3. The molecule has 1 aliphatic heterocycles. The number of aliphatic hydroxyl groups is 1. The first-order valence-electron chi connectivity index (χ1n) is 6.97. The van der Waals surface area contributed by atoms with Crippen LogP contribution in [0.1, 0.15) is 38.3 Å². The first kappa shape index (κ1) is 14.3. The van der Waals surface area contributed by atoms with Gasteiger partial charge in [-0.2, -0.15) is 0 Å². The van der Waals surface area contributed by atoms with Crippen LogP contribution in [-0.4, -0.2) is 24.3 Å². The van der Waals surface area contributed by atoms with Crippen LogP contribution in [0.3, 0.4) is 0 Å². The van der Waals surface area contributed by atoms with E-state index in [2.05, 4.69) is 4.90 Å². The molecule has 1 fully saturated rings. The third kappa shape index (κ3) is 3.25. The molecule has 3 nitrogen and oxygen atoms in total. The third-order valence-corrected chi connectivity index (χ3v) is 4.04. The van der Waals surface area contributed by atoms with Crippen LogP contribution < -0.4 is 10.6 Å². The summed E-state index contributed by atoms with van der Waals surface area (Å²) in [5.41, 5.74) is 7.82. The highest BCUT2D eigenvalue weighted by molar-refractivity contribution is 5.55. The van der Waals surface area contributed by atoms with Gasteiger partial charge in [-0.05, 0) is 56.4 Å². The monoisotopic (exact) mass is 266 g/mol. The Balaban J connectivity index is 2.15. The minimum atomic E-state index is -0.247. The predicted molar refractivity (Wildman–Crippen MR) is 75.6 cm³/mol. The molecule has 0 amide bonds. The van der Waals surface area contributed by atoms with Crippen molar-refractivity contribution in [2.45, 2.75) is 38.8 Å². The van der Waals surface area contributed by atoms with Crippen LogP contribution in [0.2, 0.25) is 0 Å². The summed E-state index contributed by atoms with van der Waals surface area (Å²) in [5.74, 6) is 0.130. The maximum absolute atomic E-state index is 13.3. The van der Waals surface area contributed by atoms with Crippen LogP contribution in [-0.2, 0) is 0 Å². The molecule has 1 unspecified atom stereocenters. The molecule has 0 aliphatic carbocycles. The van der Waals surface area contributed by atoms with Crippen LogP contribution >= 0.6 is 0 Å². The van der Waals surface area contributed by atoms with E-state index in [1.165, 1.54) is 12.1 Å². The van der Waals surface area contributed by atoms with Crippen molar-refractivity contribution < 1.29 is 9.50 Å². The van der Waals surface area contributed by atoms with Crippen LogP contribution in [0.25, 0.3) is 0 Å². The fourth-order valence-electron chi connectivity index (χ4n) is 2.80. The molecule has 106 valence electrons. The summed E-state index contributed by atoms with van der Waals surface area (Å²) in [4.78, 5) is 2.25. The summed E-state index contributed by atoms with van der Waals surface area (Å²) in [6.45, 7) is 5.51. The van der Waals surface area contributed by atoms with Gasteiger partial charge in [-0.3, -0.25) is 0 Å². The Morgan fingerprint density at radius 1 is 1.32 bits per heavy atom. The van der Waals surface area contributed by atoms with E-state index in [0.29, 0.717) is 5.92 Å². The van der Waals surface area contributed by atoms with Gasteiger partial charge in [0, 0.05) is 24.8 Å². The normalized spacial score (nSPS) is 20.4. The highest BCUT2D eigenvalue weighted by atomic mass is 19.1. The van der Waals surface area contributed by atoms with Crippen molar-refractivity contribution >= 4 is 5.69 Å². The SMILES string of the molecule is CC(O)C1CCN(c2ccc(F)cc2[C@@H](C)N)CC1. The molecule has 2 atom stereocenters. The predicted octanol–water partition coefficient (Wildman–Crippen LogP) is 2.44. The van der Waals surface area contributed by atoms with Gasteiger partial charge in [0.15, 0.2) is 0 Å². The fourth-order valence-corrected chi connectivity index (χ4v) is 2.80. The molecule has 1 heterocycles. The molecule has 0 bridgehead atoms. The smallest absolute Gasteiger partial charge is 0.123 e. The lowest BCUT2D eigenvalue weighted by molar-refractivity contribution is 0.110. The zero-order valence-corrected chi connectivity index (χ0v) is 11.6. The van der Waals surface area contributed by atoms with E-state index in [1.54, 1.807) is 0 Å². The zero-order chi connectivity index (χ0) is 14.0. The average molecular weight is 266 g/mol. The van der Waals surface area contributed by atoms with Gasteiger partial charge in [-0.1, -0.05) is 0 Å². The Morgan fingerprint density at radius 3 is 2.47 bits per heavy atom. The number of hydrogen-bond acceptors (Lipinski definition) is 3. The van der Waals surface area contributed by atoms with Crippen LogP contribution in [0.5, 0.6) is 0 Å². The zero-order valence-electron chi connectivity index (χ0n) is 11.6. The summed E-state index contributed by atoms with van der Waals surface area (Å²) in [6, 6.07) is 4.65. The number of halogens is 1. The van der Waals surface area contributed by atoms with Gasteiger partial charge in [0.2, 0.25) is 0 Å². The number of piperidine rings is 1.